The van der Waals surface area contributed by atoms with Gasteiger partial charge in [-0.25, -0.2) is 0 Å². The van der Waals surface area contributed by atoms with Crippen molar-refractivity contribution in [3.8, 4) is 0 Å². The molecule has 0 aromatic carbocycles. The van der Waals surface area contributed by atoms with Gasteiger partial charge in [0.2, 0.25) is 0 Å². The zero-order chi connectivity index (χ0) is 14.2. The molecular weight excluding hydrogens is 232 g/mol. The van der Waals surface area contributed by atoms with Crippen LogP contribution in [0.4, 0.5) is 0 Å². The minimum absolute atomic E-state index is 0.186. The third-order valence-electron chi connectivity index (χ3n) is 2.70. The van der Waals surface area contributed by atoms with Crippen LogP contribution >= 0.6 is 0 Å². The van der Waals surface area contributed by atoms with Crippen molar-refractivity contribution >= 4 is 11.9 Å². The predicted octanol–water partition coefficient (Wildman–Crippen LogP) is 2.64. The summed E-state index contributed by atoms with van der Waals surface area (Å²) in [7, 11) is 0. The van der Waals surface area contributed by atoms with E-state index in [0.29, 0.717) is 6.42 Å². The van der Waals surface area contributed by atoms with E-state index in [1.807, 2.05) is 20.8 Å². The Labute approximate surface area is 109 Å². The molecular formula is C14H22O4. The van der Waals surface area contributed by atoms with Crippen LogP contribution in [0.5, 0.6) is 0 Å². The minimum Gasteiger partial charge on any atom is -0.462 e. The summed E-state index contributed by atoms with van der Waals surface area (Å²) in [6.07, 6.45) is 3.79. The van der Waals surface area contributed by atoms with Crippen LogP contribution in [-0.4, -0.2) is 24.6 Å². The van der Waals surface area contributed by atoms with Crippen molar-refractivity contribution in [1.82, 2.24) is 0 Å². The van der Waals surface area contributed by atoms with E-state index in [1.165, 1.54) is 0 Å². The van der Waals surface area contributed by atoms with Crippen molar-refractivity contribution in [2.24, 2.45) is 5.41 Å². The Hall–Kier alpha value is -1.58. The quantitative estimate of drug-likeness (QED) is 0.571. The zero-order valence-corrected chi connectivity index (χ0v) is 11.4. The van der Waals surface area contributed by atoms with Crippen molar-refractivity contribution in [2.45, 2.75) is 39.7 Å². The molecule has 1 saturated heterocycles. The normalized spacial score (nSPS) is 18.2. The van der Waals surface area contributed by atoms with Gasteiger partial charge >= 0.3 is 11.9 Å². The molecule has 1 aliphatic rings. The smallest absolute Gasteiger partial charge is 0.311 e. The number of esters is 2. The molecule has 0 aliphatic carbocycles. The maximum atomic E-state index is 11.6. The summed E-state index contributed by atoms with van der Waals surface area (Å²) in [6, 6.07) is 0. The fourth-order valence-electron chi connectivity index (χ4n) is 1.02. The van der Waals surface area contributed by atoms with Gasteiger partial charge in [-0.15, -0.1) is 0 Å². The standard InChI is InChI=1S/C10H16O4.C4H6/c1-4-10(2,3)9(12)14-7-5-8(11)13-6-7;1-3-4-2/h7H,4-6H2,1-3H3;3-4H,1-2H2. The molecule has 4 nitrogen and oxygen atoms in total. The topological polar surface area (TPSA) is 52.6 Å². The maximum Gasteiger partial charge on any atom is 0.311 e. The fourth-order valence-corrected chi connectivity index (χ4v) is 1.02. The van der Waals surface area contributed by atoms with Gasteiger partial charge in [0, 0.05) is 0 Å². The van der Waals surface area contributed by atoms with Crippen LogP contribution in [0.3, 0.4) is 0 Å². The molecule has 1 rings (SSSR count). The molecule has 1 unspecified atom stereocenters. The highest BCUT2D eigenvalue weighted by Crippen LogP contribution is 2.23. The molecule has 4 heteroatoms. The molecule has 0 spiro atoms. The van der Waals surface area contributed by atoms with Crippen molar-refractivity contribution in [1.29, 1.82) is 0 Å². The van der Waals surface area contributed by atoms with E-state index >= 15 is 0 Å². The summed E-state index contributed by atoms with van der Waals surface area (Å²) >= 11 is 0. The third-order valence-corrected chi connectivity index (χ3v) is 2.70. The number of carbonyl (C=O) groups excluding carboxylic acids is 2. The van der Waals surface area contributed by atoms with Gasteiger partial charge in [0.15, 0.2) is 0 Å². The molecule has 0 N–H and O–H groups in total. The van der Waals surface area contributed by atoms with Crippen molar-refractivity contribution in [3.05, 3.63) is 25.3 Å². The molecule has 18 heavy (non-hydrogen) atoms. The van der Waals surface area contributed by atoms with Gasteiger partial charge < -0.3 is 9.47 Å². The van der Waals surface area contributed by atoms with E-state index in [4.69, 9.17) is 9.47 Å². The molecule has 1 atom stereocenters. The molecule has 1 aliphatic heterocycles. The summed E-state index contributed by atoms with van der Waals surface area (Å²) < 4.78 is 9.85. The molecule has 1 fully saturated rings. The first kappa shape index (κ1) is 16.4. The predicted molar refractivity (Wildman–Crippen MR) is 69.9 cm³/mol. The average Bonchev–Trinajstić information content (AvgIpc) is 2.75. The first-order chi connectivity index (χ1) is 8.37. The van der Waals surface area contributed by atoms with E-state index in [1.54, 1.807) is 12.2 Å². The van der Waals surface area contributed by atoms with Crippen LogP contribution in [0.1, 0.15) is 33.6 Å². The summed E-state index contributed by atoms with van der Waals surface area (Å²) in [6.45, 7) is 12.5. The molecule has 0 saturated carbocycles. The second kappa shape index (κ2) is 7.69. The van der Waals surface area contributed by atoms with Crippen LogP contribution < -0.4 is 0 Å². The Morgan fingerprint density at radius 1 is 1.50 bits per heavy atom. The number of allylic oxidation sites excluding steroid dienone is 2. The monoisotopic (exact) mass is 254 g/mol. The first-order valence-electron chi connectivity index (χ1n) is 5.97. The largest absolute Gasteiger partial charge is 0.462 e. The highest BCUT2D eigenvalue weighted by molar-refractivity contribution is 5.77. The Morgan fingerprint density at radius 3 is 2.39 bits per heavy atom. The summed E-state index contributed by atoms with van der Waals surface area (Å²) in [4.78, 5) is 22.3. The average molecular weight is 254 g/mol. The lowest BCUT2D eigenvalue weighted by molar-refractivity contribution is -0.159. The highest BCUT2D eigenvalue weighted by atomic mass is 16.6. The highest BCUT2D eigenvalue weighted by Gasteiger charge is 2.33. The maximum absolute atomic E-state index is 11.6. The van der Waals surface area contributed by atoms with E-state index < -0.39 is 5.41 Å². The van der Waals surface area contributed by atoms with Gasteiger partial charge in [0.05, 0.1) is 11.8 Å². The molecule has 0 aromatic rings. The number of hydrogen-bond donors (Lipinski definition) is 0. The van der Waals surface area contributed by atoms with E-state index in [0.717, 1.165) is 0 Å². The Morgan fingerprint density at radius 2 is 2.06 bits per heavy atom. The Balaban J connectivity index is 0.000000631. The summed E-state index contributed by atoms with van der Waals surface area (Å²) in [5.74, 6) is -0.555. The third kappa shape index (κ3) is 5.66. The van der Waals surface area contributed by atoms with Crippen molar-refractivity contribution in [3.63, 3.8) is 0 Å². The second-order valence-electron chi connectivity index (χ2n) is 4.62. The van der Waals surface area contributed by atoms with Gasteiger partial charge in [-0.3, -0.25) is 9.59 Å². The SMILES string of the molecule is C=CC=C.CCC(C)(C)C(=O)OC1COC(=O)C1. The van der Waals surface area contributed by atoms with Crippen LogP contribution in [0, 0.1) is 5.41 Å². The Bertz CT molecular complexity index is 312. The van der Waals surface area contributed by atoms with Gasteiger partial charge in [-0.05, 0) is 20.3 Å². The van der Waals surface area contributed by atoms with Gasteiger partial charge in [-0.1, -0.05) is 32.2 Å². The molecule has 0 amide bonds. The second-order valence-corrected chi connectivity index (χ2v) is 4.62. The molecule has 1 heterocycles. The van der Waals surface area contributed by atoms with Crippen molar-refractivity contribution < 1.29 is 19.1 Å². The van der Waals surface area contributed by atoms with Gasteiger partial charge in [0.1, 0.15) is 12.7 Å². The van der Waals surface area contributed by atoms with E-state index in [9.17, 15) is 9.59 Å². The fraction of sp³-hybridized carbons (Fsp3) is 0.571. The lowest BCUT2D eigenvalue weighted by atomic mass is 9.90. The number of cyclic esters (lactones) is 1. The number of carbonyl (C=O) groups is 2. The van der Waals surface area contributed by atoms with Crippen LogP contribution in [-0.2, 0) is 19.1 Å². The van der Waals surface area contributed by atoms with E-state index in [2.05, 4.69) is 13.2 Å². The van der Waals surface area contributed by atoms with Crippen LogP contribution in [0.15, 0.2) is 25.3 Å². The first-order valence-corrected chi connectivity index (χ1v) is 5.97. The zero-order valence-electron chi connectivity index (χ0n) is 11.4. The van der Waals surface area contributed by atoms with Crippen LogP contribution in [0.2, 0.25) is 0 Å². The Kier molecular flexibility index (Phi) is 7.01. The van der Waals surface area contributed by atoms with Crippen LogP contribution in [0.25, 0.3) is 0 Å². The minimum atomic E-state index is -0.481. The summed E-state index contributed by atoms with van der Waals surface area (Å²) in [5.41, 5.74) is -0.481. The van der Waals surface area contributed by atoms with Gasteiger partial charge in [0.25, 0.3) is 0 Å². The molecule has 0 bridgehead atoms. The molecule has 102 valence electrons. The summed E-state index contributed by atoms with van der Waals surface area (Å²) in [5, 5.41) is 0. The lowest BCUT2D eigenvalue weighted by Gasteiger charge is -2.22. The number of ether oxygens (including phenoxy) is 2. The molecule has 0 radical (unpaired) electrons. The van der Waals surface area contributed by atoms with Crippen molar-refractivity contribution in [2.75, 3.05) is 6.61 Å². The number of rotatable bonds is 4. The molecule has 0 aromatic heterocycles. The number of hydrogen-bond acceptors (Lipinski definition) is 4. The lowest BCUT2D eigenvalue weighted by Crippen LogP contribution is -2.30. The van der Waals surface area contributed by atoms with E-state index in [-0.39, 0.29) is 31.1 Å². The van der Waals surface area contributed by atoms with Gasteiger partial charge in [-0.2, -0.15) is 0 Å².